The fourth-order valence-corrected chi connectivity index (χ4v) is 5.56. The van der Waals surface area contributed by atoms with Crippen LogP contribution in [0.5, 0.6) is 0 Å². The summed E-state index contributed by atoms with van der Waals surface area (Å²) in [7, 11) is 0. The fraction of sp³-hybridized carbons (Fsp3) is 0.762. The largest absolute Gasteiger partial charge is 0.456 e. The number of carbonyl (C=O) groups is 1. The van der Waals surface area contributed by atoms with E-state index in [1.807, 2.05) is 12.1 Å². The minimum Gasteiger partial charge on any atom is -0.456 e. The molecule has 5 heteroatoms. The second kappa shape index (κ2) is 6.38. The number of hydrogen-bond donors (Lipinski definition) is 0. The highest BCUT2D eigenvalue weighted by Crippen LogP contribution is 2.58. The van der Waals surface area contributed by atoms with Gasteiger partial charge < -0.3 is 19.0 Å². The summed E-state index contributed by atoms with van der Waals surface area (Å²) in [6.45, 7) is 7.32. The molecule has 5 nitrogen and oxygen atoms in total. The van der Waals surface area contributed by atoms with E-state index < -0.39 is 0 Å². The number of furan rings is 1. The Morgan fingerprint density at radius 1 is 1.27 bits per heavy atom. The molecular weight excluding hydrogens is 328 g/mol. The number of hydrogen-bond acceptors (Lipinski definition) is 4. The van der Waals surface area contributed by atoms with Gasteiger partial charge in [0.1, 0.15) is 5.76 Å². The third-order valence-corrected chi connectivity index (χ3v) is 7.29. The minimum absolute atomic E-state index is 0.103. The Bertz CT molecular complexity index is 679. The van der Waals surface area contributed by atoms with Crippen LogP contribution in [0.25, 0.3) is 0 Å². The van der Waals surface area contributed by atoms with Crippen molar-refractivity contribution in [1.29, 1.82) is 0 Å². The number of nitrogens with zero attached hydrogens (tertiary/aromatic N) is 2. The van der Waals surface area contributed by atoms with E-state index in [-0.39, 0.29) is 5.91 Å². The van der Waals surface area contributed by atoms with Crippen LogP contribution in [0, 0.1) is 11.3 Å². The van der Waals surface area contributed by atoms with Crippen molar-refractivity contribution >= 4 is 5.91 Å². The molecular formula is C21H30N2O3. The van der Waals surface area contributed by atoms with Crippen LogP contribution in [0.4, 0.5) is 0 Å². The van der Waals surface area contributed by atoms with E-state index >= 15 is 0 Å². The molecule has 5 rings (SSSR count). The molecule has 1 aromatic heterocycles. The highest BCUT2D eigenvalue weighted by molar-refractivity contribution is 5.92. The molecule has 0 aromatic carbocycles. The summed E-state index contributed by atoms with van der Waals surface area (Å²) < 4.78 is 11.4. The first-order valence-corrected chi connectivity index (χ1v) is 10.4. The Labute approximate surface area is 155 Å². The summed E-state index contributed by atoms with van der Waals surface area (Å²) in [5.41, 5.74) is 0.506. The molecule has 4 aliphatic rings. The van der Waals surface area contributed by atoms with Crippen LogP contribution < -0.4 is 0 Å². The zero-order valence-corrected chi connectivity index (χ0v) is 15.8. The minimum atomic E-state index is 0.103. The van der Waals surface area contributed by atoms with Crippen LogP contribution in [-0.4, -0.2) is 60.6 Å². The molecule has 26 heavy (non-hydrogen) atoms. The molecule has 1 amide bonds. The molecule has 1 saturated carbocycles. The molecule has 4 heterocycles. The first kappa shape index (κ1) is 16.8. The normalized spacial score (nSPS) is 36.7. The smallest absolute Gasteiger partial charge is 0.290 e. The molecule has 1 spiro atoms. The standard InChI is InChI=1S/C21H30N2O3/c1-2-18-5-6-19(26-18)20(24)23-16-3-4-17(23)13-22(9-7-16)12-15-11-21(15)8-10-25-14-21/h5-6,15-17H,2-4,7-14H2,1H3. The third-order valence-electron chi connectivity index (χ3n) is 7.29. The van der Waals surface area contributed by atoms with Crippen LogP contribution >= 0.6 is 0 Å². The van der Waals surface area contributed by atoms with Gasteiger partial charge in [0, 0.05) is 50.2 Å². The molecule has 4 fully saturated rings. The summed E-state index contributed by atoms with van der Waals surface area (Å²) in [6.07, 6.45) is 6.80. The Hall–Kier alpha value is -1.33. The fourth-order valence-electron chi connectivity index (χ4n) is 5.56. The van der Waals surface area contributed by atoms with E-state index in [0.717, 1.165) is 63.7 Å². The second-order valence-electron chi connectivity index (χ2n) is 8.83. The molecule has 1 aromatic rings. The molecule has 4 unspecified atom stereocenters. The van der Waals surface area contributed by atoms with Crippen molar-refractivity contribution in [3.8, 4) is 0 Å². The first-order chi connectivity index (χ1) is 12.7. The van der Waals surface area contributed by atoms with Crippen LogP contribution in [-0.2, 0) is 11.2 Å². The van der Waals surface area contributed by atoms with E-state index in [1.165, 1.54) is 19.4 Å². The van der Waals surface area contributed by atoms with E-state index in [0.29, 0.717) is 23.3 Å². The number of ether oxygens (including phenoxy) is 1. The molecule has 3 aliphatic heterocycles. The lowest BCUT2D eigenvalue weighted by atomic mass is 10.0. The van der Waals surface area contributed by atoms with Gasteiger partial charge in [0.25, 0.3) is 5.91 Å². The van der Waals surface area contributed by atoms with Crippen LogP contribution in [0.15, 0.2) is 16.5 Å². The van der Waals surface area contributed by atoms with Crippen LogP contribution in [0.1, 0.15) is 55.3 Å². The lowest BCUT2D eigenvalue weighted by Gasteiger charge is -2.28. The quantitative estimate of drug-likeness (QED) is 0.830. The molecule has 3 saturated heterocycles. The number of fused-ring (bicyclic) bond motifs is 2. The van der Waals surface area contributed by atoms with Crippen molar-refractivity contribution in [3.05, 3.63) is 23.7 Å². The van der Waals surface area contributed by atoms with Crippen molar-refractivity contribution in [3.63, 3.8) is 0 Å². The molecule has 0 N–H and O–H groups in total. The number of likely N-dealkylation sites (tertiary alicyclic amines) is 1. The Morgan fingerprint density at radius 3 is 2.92 bits per heavy atom. The lowest BCUT2D eigenvalue weighted by Crippen LogP contribution is -2.43. The van der Waals surface area contributed by atoms with Crippen molar-refractivity contribution in [2.45, 2.75) is 57.5 Å². The van der Waals surface area contributed by atoms with Gasteiger partial charge in [-0.1, -0.05) is 6.92 Å². The van der Waals surface area contributed by atoms with Crippen molar-refractivity contribution in [2.75, 3.05) is 32.8 Å². The summed E-state index contributed by atoms with van der Waals surface area (Å²) in [4.78, 5) is 17.9. The monoisotopic (exact) mass is 358 g/mol. The van der Waals surface area contributed by atoms with Gasteiger partial charge >= 0.3 is 0 Å². The molecule has 1 aliphatic carbocycles. The number of rotatable bonds is 4. The average Bonchev–Trinajstić information content (AvgIpc) is 3.05. The average molecular weight is 358 g/mol. The number of amides is 1. The molecule has 2 bridgehead atoms. The van der Waals surface area contributed by atoms with Crippen molar-refractivity contribution in [1.82, 2.24) is 9.80 Å². The summed E-state index contributed by atoms with van der Waals surface area (Å²) in [5, 5.41) is 0. The van der Waals surface area contributed by atoms with Gasteiger partial charge in [-0.3, -0.25) is 4.79 Å². The zero-order valence-electron chi connectivity index (χ0n) is 15.8. The van der Waals surface area contributed by atoms with Crippen LogP contribution in [0.2, 0.25) is 0 Å². The van der Waals surface area contributed by atoms with Gasteiger partial charge in [-0.2, -0.15) is 0 Å². The highest BCUT2D eigenvalue weighted by atomic mass is 16.5. The lowest BCUT2D eigenvalue weighted by molar-refractivity contribution is 0.0635. The Kier molecular flexibility index (Phi) is 4.13. The van der Waals surface area contributed by atoms with E-state index in [2.05, 4.69) is 16.7 Å². The first-order valence-electron chi connectivity index (χ1n) is 10.4. The van der Waals surface area contributed by atoms with E-state index in [9.17, 15) is 4.79 Å². The second-order valence-corrected chi connectivity index (χ2v) is 8.83. The SMILES string of the molecule is CCc1ccc(C(=O)N2C3CCC2CN(CC2CC24CCOC4)CC3)o1. The van der Waals surface area contributed by atoms with Crippen molar-refractivity contribution < 1.29 is 13.9 Å². The van der Waals surface area contributed by atoms with Gasteiger partial charge in [0.2, 0.25) is 0 Å². The van der Waals surface area contributed by atoms with Gasteiger partial charge in [-0.05, 0) is 50.2 Å². The molecule has 4 atom stereocenters. The third kappa shape index (κ3) is 2.80. The maximum absolute atomic E-state index is 13.1. The van der Waals surface area contributed by atoms with Gasteiger partial charge in [0.05, 0.1) is 6.61 Å². The summed E-state index contributed by atoms with van der Waals surface area (Å²) in [6, 6.07) is 4.53. The highest BCUT2D eigenvalue weighted by Gasteiger charge is 2.56. The zero-order chi connectivity index (χ0) is 17.7. The van der Waals surface area contributed by atoms with E-state index in [1.54, 1.807) is 0 Å². The van der Waals surface area contributed by atoms with E-state index in [4.69, 9.17) is 9.15 Å². The number of carbonyl (C=O) groups excluding carboxylic acids is 1. The Morgan fingerprint density at radius 2 is 2.15 bits per heavy atom. The molecule has 0 radical (unpaired) electrons. The molecule has 142 valence electrons. The summed E-state index contributed by atoms with van der Waals surface area (Å²) in [5.74, 6) is 2.33. The summed E-state index contributed by atoms with van der Waals surface area (Å²) >= 11 is 0. The predicted octanol–water partition coefficient (Wildman–Crippen LogP) is 2.95. The van der Waals surface area contributed by atoms with Gasteiger partial charge in [-0.15, -0.1) is 0 Å². The topological polar surface area (TPSA) is 45.9 Å². The maximum atomic E-state index is 13.1. The maximum Gasteiger partial charge on any atom is 0.290 e. The Balaban J connectivity index is 1.26. The van der Waals surface area contributed by atoms with Crippen LogP contribution in [0.3, 0.4) is 0 Å². The predicted molar refractivity (Wildman–Crippen MR) is 98.1 cm³/mol. The van der Waals surface area contributed by atoms with Gasteiger partial charge in [0.15, 0.2) is 5.76 Å². The van der Waals surface area contributed by atoms with Gasteiger partial charge in [-0.25, -0.2) is 0 Å². The van der Waals surface area contributed by atoms with Crippen molar-refractivity contribution in [2.24, 2.45) is 11.3 Å². The number of aryl methyl sites for hydroxylation is 1.